The molecule has 0 spiro atoms. The number of rotatable bonds is 6. The molecule has 1 aliphatic rings. The summed E-state index contributed by atoms with van der Waals surface area (Å²) in [7, 11) is 0. The highest BCUT2D eigenvalue weighted by Gasteiger charge is 2.25. The highest BCUT2D eigenvalue weighted by Crippen LogP contribution is 2.31. The summed E-state index contributed by atoms with van der Waals surface area (Å²) < 4.78 is 0. The van der Waals surface area contributed by atoms with E-state index in [1.807, 2.05) is 0 Å². The van der Waals surface area contributed by atoms with Crippen molar-refractivity contribution in [2.75, 3.05) is 0 Å². The molecule has 0 radical (unpaired) electrons. The average molecular weight is 224 g/mol. The van der Waals surface area contributed by atoms with Crippen molar-refractivity contribution in [3.8, 4) is 0 Å². The number of hydrogen-bond donors (Lipinski definition) is 0. The Morgan fingerprint density at radius 3 is 2.62 bits per heavy atom. The number of carbonyl (C=O) groups excluding carboxylic acids is 1. The average Bonchev–Trinajstić information content (AvgIpc) is 2.21. The zero-order valence-electron chi connectivity index (χ0n) is 11.3. The second kappa shape index (κ2) is 7.09. The molecule has 0 N–H and O–H groups in total. The summed E-state index contributed by atoms with van der Waals surface area (Å²) in [4.78, 5) is 11.8. The minimum absolute atomic E-state index is 0.407. The Morgan fingerprint density at radius 1 is 1.31 bits per heavy atom. The van der Waals surface area contributed by atoms with Gasteiger partial charge in [0.25, 0.3) is 0 Å². The molecule has 94 valence electrons. The highest BCUT2D eigenvalue weighted by molar-refractivity contribution is 5.81. The van der Waals surface area contributed by atoms with Crippen LogP contribution in [0.3, 0.4) is 0 Å². The molecular weight excluding hydrogens is 196 g/mol. The first kappa shape index (κ1) is 13.7. The van der Waals surface area contributed by atoms with Crippen LogP contribution in [0.15, 0.2) is 0 Å². The Morgan fingerprint density at radius 2 is 2.06 bits per heavy atom. The molecular formula is C15H28O. The molecule has 0 heterocycles. The van der Waals surface area contributed by atoms with Crippen molar-refractivity contribution in [3.05, 3.63) is 0 Å². The van der Waals surface area contributed by atoms with Gasteiger partial charge < -0.3 is 0 Å². The van der Waals surface area contributed by atoms with E-state index in [0.717, 1.165) is 31.1 Å². The molecule has 0 aliphatic heterocycles. The summed E-state index contributed by atoms with van der Waals surface area (Å²) >= 11 is 0. The van der Waals surface area contributed by atoms with Gasteiger partial charge in [-0.15, -0.1) is 0 Å². The summed E-state index contributed by atoms with van der Waals surface area (Å²) in [5.74, 6) is 2.52. The van der Waals surface area contributed by atoms with Crippen LogP contribution in [0.1, 0.15) is 72.1 Å². The van der Waals surface area contributed by atoms with Gasteiger partial charge in [-0.05, 0) is 37.5 Å². The van der Waals surface area contributed by atoms with E-state index >= 15 is 0 Å². The van der Waals surface area contributed by atoms with Crippen molar-refractivity contribution >= 4 is 5.78 Å². The van der Waals surface area contributed by atoms with Gasteiger partial charge in [-0.1, -0.05) is 40.0 Å². The molecule has 1 saturated carbocycles. The molecule has 0 aromatic heterocycles. The first-order valence-electron chi connectivity index (χ1n) is 7.16. The zero-order valence-corrected chi connectivity index (χ0v) is 11.3. The van der Waals surface area contributed by atoms with Crippen LogP contribution in [0.4, 0.5) is 0 Å². The van der Waals surface area contributed by atoms with E-state index in [0.29, 0.717) is 11.7 Å². The predicted octanol–water partition coefficient (Wildman–Crippen LogP) is 4.60. The lowest BCUT2D eigenvalue weighted by atomic mass is 9.78. The molecule has 1 heteroatoms. The Kier molecular flexibility index (Phi) is 6.08. The van der Waals surface area contributed by atoms with Crippen molar-refractivity contribution in [1.82, 2.24) is 0 Å². The molecule has 1 aliphatic carbocycles. The van der Waals surface area contributed by atoms with E-state index in [4.69, 9.17) is 0 Å². The fourth-order valence-corrected chi connectivity index (χ4v) is 3.11. The zero-order chi connectivity index (χ0) is 12.0. The molecule has 0 saturated heterocycles. The number of Topliss-reactive ketones (excluding diaryl/α,β-unsaturated/α-hetero) is 1. The van der Waals surface area contributed by atoms with E-state index in [-0.39, 0.29) is 0 Å². The van der Waals surface area contributed by atoms with Gasteiger partial charge in [-0.2, -0.15) is 0 Å². The summed E-state index contributed by atoms with van der Waals surface area (Å²) in [6.45, 7) is 6.85. The lowest BCUT2D eigenvalue weighted by Crippen LogP contribution is -2.22. The molecule has 1 nitrogen and oxygen atoms in total. The maximum Gasteiger partial charge on any atom is 0.135 e. The van der Waals surface area contributed by atoms with Crippen LogP contribution in [-0.2, 0) is 4.79 Å². The fourth-order valence-electron chi connectivity index (χ4n) is 3.11. The second-order valence-electron chi connectivity index (χ2n) is 5.93. The van der Waals surface area contributed by atoms with Crippen molar-refractivity contribution in [2.45, 2.75) is 72.1 Å². The summed E-state index contributed by atoms with van der Waals surface area (Å²) in [5, 5.41) is 0. The van der Waals surface area contributed by atoms with E-state index in [9.17, 15) is 4.79 Å². The molecule has 2 atom stereocenters. The third-order valence-corrected chi connectivity index (χ3v) is 3.80. The maximum absolute atomic E-state index is 11.8. The van der Waals surface area contributed by atoms with Crippen LogP contribution in [0.5, 0.6) is 0 Å². The summed E-state index contributed by atoms with van der Waals surface area (Å²) in [5.41, 5.74) is 0. The van der Waals surface area contributed by atoms with E-state index in [1.165, 1.54) is 32.1 Å². The Hall–Kier alpha value is -0.330. The standard InChI is InChI=1S/C15H28O/c1-4-7-13(10-12(2)3)11-14-8-5-6-9-15(14)16/h12-14H,4-11H2,1-3H3. The highest BCUT2D eigenvalue weighted by atomic mass is 16.1. The normalized spacial score (nSPS) is 23.8. The SMILES string of the molecule is CCCC(CC(C)C)CC1CCCCC1=O. The minimum Gasteiger partial charge on any atom is -0.299 e. The van der Waals surface area contributed by atoms with Crippen LogP contribution >= 0.6 is 0 Å². The third-order valence-electron chi connectivity index (χ3n) is 3.80. The van der Waals surface area contributed by atoms with Crippen LogP contribution < -0.4 is 0 Å². The minimum atomic E-state index is 0.407. The van der Waals surface area contributed by atoms with Crippen LogP contribution in [0.2, 0.25) is 0 Å². The molecule has 16 heavy (non-hydrogen) atoms. The predicted molar refractivity (Wildman–Crippen MR) is 69.4 cm³/mol. The maximum atomic E-state index is 11.8. The van der Waals surface area contributed by atoms with Gasteiger partial charge in [-0.3, -0.25) is 4.79 Å². The fraction of sp³-hybridized carbons (Fsp3) is 0.933. The molecule has 0 amide bonds. The Labute approximate surface area is 101 Å². The van der Waals surface area contributed by atoms with E-state index < -0.39 is 0 Å². The lowest BCUT2D eigenvalue weighted by molar-refractivity contribution is -0.125. The monoisotopic (exact) mass is 224 g/mol. The van der Waals surface area contributed by atoms with E-state index in [1.54, 1.807) is 0 Å². The van der Waals surface area contributed by atoms with Gasteiger partial charge in [-0.25, -0.2) is 0 Å². The number of carbonyl (C=O) groups is 1. The van der Waals surface area contributed by atoms with Crippen molar-refractivity contribution < 1.29 is 4.79 Å². The molecule has 1 fully saturated rings. The summed E-state index contributed by atoms with van der Waals surface area (Å²) in [6, 6.07) is 0. The van der Waals surface area contributed by atoms with Gasteiger partial charge in [0, 0.05) is 12.3 Å². The second-order valence-corrected chi connectivity index (χ2v) is 5.93. The number of ketones is 1. The van der Waals surface area contributed by atoms with Gasteiger partial charge in [0.05, 0.1) is 0 Å². The summed E-state index contributed by atoms with van der Waals surface area (Å²) in [6.07, 6.45) is 9.47. The van der Waals surface area contributed by atoms with Gasteiger partial charge in [0.2, 0.25) is 0 Å². The molecule has 0 bridgehead atoms. The van der Waals surface area contributed by atoms with Gasteiger partial charge in [0.1, 0.15) is 5.78 Å². The molecule has 0 aromatic rings. The van der Waals surface area contributed by atoms with E-state index in [2.05, 4.69) is 20.8 Å². The smallest absolute Gasteiger partial charge is 0.135 e. The Balaban J connectivity index is 2.42. The topological polar surface area (TPSA) is 17.1 Å². The Bertz CT molecular complexity index is 207. The van der Waals surface area contributed by atoms with Crippen molar-refractivity contribution in [3.63, 3.8) is 0 Å². The van der Waals surface area contributed by atoms with Crippen LogP contribution in [0, 0.1) is 17.8 Å². The first-order chi connectivity index (χ1) is 7.63. The van der Waals surface area contributed by atoms with Crippen molar-refractivity contribution in [2.24, 2.45) is 17.8 Å². The molecule has 0 aromatic carbocycles. The van der Waals surface area contributed by atoms with Crippen molar-refractivity contribution in [1.29, 1.82) is 0 Å². The molecule has 1 rings (SSSR count). The van der Waals surface area contributed by atoms with Crippen LogP contribution in [0.25, 0.3) is 0 Å². The molecule has 2 unspecified atom stereocenters. The van der Waals surface area contributed by atoms with Crippen LogP contribution in [-0.4, -0.2) is 5.78 Å². The first-order valence-corrected chi connectivity index (χ1v) is 7.16. The third kappa shape index (κ3) is 4.67. The van der Waals surface area contributed by atoms with Gasteiger partial charge in [0.15, 0.2) is 0 Å². The lowest BCUT2D eigenvalue weighted by Gasteiger charge is -2.26. The number of hydrogen-bond acceptors (Lipinski definition) is 1. The quantitative estimate of drug-likeness (QED) is 0.644. The largest absolute Gasteiger partial charge is 0.299 e. The van der Waals surface area contributed by atoms with Gasteiger partial charge >= 0.3 is 0 Å².